The number of ether oxygens (including phenoxy) is 1. The van der Waals surface area contributed by atoms with Crippen LogP contribution >= 0.6 is 0 Å². The van der Waals surface area contributed by atoms with Crippen LogP contribution < -0.4 is 10.1 Å². The van der Waals surface area contributed by atoms with E-state index in [1.54, 1.807) is 7.11 Å². The smallest absolute Gasteiger partial charge is 0.223 e. The summed E-state index contributed by atoms with van der Waals surface area (Å²) in [4.78, 5) is 14.3. The summed E-state index contributed by atoms with van der Waals surface area (Å²) >= 11 is 0. The maximum atomic E-state index is 12.3. The lowest BCUT2D eigenvalue weighted by molar-refractivity contribution is -0.131. The summed E-state index contributed by atoms with van der Waals surface area (Å²) in [7, 11) is 1.66. The largest absolute Gasteiger partial charge is 0.497 e. The van der Waals surface area contributed by atoms with Crippen LogP contribution in [0.3, 0.4) is 0 Å². The van der Waals surface area contributed by atoms with Gasteiger partial charge in [-0.05, 0) is 44.0 Å². The summed E-state index contributed by atoms with van der Waals surface area (Å²) < 4.78 is 5.20. The predicted octanol–water partition coefficient (Wildman–Crippen LogP) is 2.91. The van der Waals surface area contributed by atoms with E-state index in [1.807, 2.05) is 30.3 Å². The van der Waals surface area contributed by atoms with Crippen molar-refractivity contribution in [3.05, 3.63) is 42.5 Å². The van der Waals surface area contributed by atoms with E-state index in [1.165, 1.54) is 0 Å². The zero-order chi connectivity index (χ0) is 15.9. The molecule has 1 amide bonds. The molecule has 120 valence electrons. The predicted molar refractivity (Wildman–Crippen MR) is 89.0 cm³/mol. The second kappa shape index (κ2) is 7.99. The lowest BCUT2D eigenvalue weighted by Gasteiger charge is -2.31. The Kier molecular flexibility index (Phi) is 6.01. The van der Waals surface area contributed by atoms with Crippen molar-refractivity contribution < 1.29 is 9.53 Å². The molecule has 4 nitrogen and oxygen atoms in total. The quantitative estimate of drug-likeness (QED) is 0.593. The zero-order valence-corrected chi connectivity index (χ0v) is 13.5. The first kappa shape index (κ1) is 16.6. The van der Waals surface area contributed by atoms with E-state index in [2.05, 4.69) is 23.7 Å². The molecule has 1 aliphatic rings. The van der Waals surface area contributed by atoms with Crippen molar-refractivity contribution in [2.45, 2.75) is 38.3 Å². The third-order valence-corrected chi connectivity index (χ3v) is 4.33. The molecule has 0 radical (unpaired) electrons. The summed E-state index contributed by atoms with van der Waals surface area (Å²) in [5.41, 5.74) is 1.15. The van der Waals surface area contributed by atoms with Gasteiger partial charge in [-0.3, -0.25) is 4.79 Å². The number of nitrogens with one attached hydrogen (secondary N) is 1. The van der Waals surface area contributed by atoms with E-state index in [9.17, 15) is 4.79 Å². The number of hydrogen-bond donors (Lipinski definition) is 1. The molecule has 22 heavy (non-hydrogen) atoms. The van der Waals surface area contributed by atoms with Crippen molar-refractivity contribution in [1.29, 1.82) is 0 Å². The summed E-state index contributed by atoms with van der Waals surface area (Å²) in [5, 5.41) is 3.32. The van der Waals surface area contributed by atoms with Crippen LogP contribution in [0.1, 0.15) is 37.8 Å². The molecule has 0 unspecified atom stereocenters. The van der Waals surface area contributed by atoms with E-state index in [-0.39, 0.29) is 11.9 Å². The Bertz CT molecular complexity index is 498. The Labute approximate surface area is 133 Å². The van der Waals surface area contributed by atoms with Crippen LogP contribution in [0.5, 0.6) is 5.75 Å². The number of methoxy groups -OCH3 is 1. The highest BCUT2D eigenvalue weighted by Crippen LogP contribution is 2.32. The van der Waals surface area contributed by atoms with Crippen molar-refractivity contribution in [3.8, 4) is 5.75 Å². The highest BCUT2D eigenvalue weighted by Gasteiger charge is 2.34. The molecule has 1 saturated heterocycles. The molecule has 0 spiro atoms. The van der Waals surface area contributed by atoms with Crippen molar-refractivity contribution in [1.82, 2.24) is 10.2 Å². The standard InChI is InChI=1S/C18H26N2O2/c1-4-12-19-13-11-16-7-10-18(21)20(16)14(2)15-5-8-17(22-3)9-6-15/h4-6,8-9,14,16,19H,1,7,10-13H2,2-3H3/t14-,16-/m1/s1. The first-order valence-electron chi connectivity index (χ1n) is 7.94. The number of nitrogens with zero attached hydrogens (tertiary/aromatic N) is 1. The Morgan fingerprint density at radius 3 is 2.82 bits per heavy atom. The average Bonchev–Trinajstić information content (AvgIpc) is 2.92. The third kappa shape index (κ3) is 3.89. The monoisotopic (exact) mass is 302 g/mol. The Morgan fingerprint density at radius 1 is 1.45 bits per heavy atom. The number of benzene rings is 1. The number of amides is 1. The van der Waals surface area contributed by atoms with Gasteiger partial charge in [0.1, 0.15) is 5.75 Å². The second-order valence-electron chi connectivity index (χ2n) is 5.72. The molecule has 0 aromatic heterocycles. The minimum Gasteiger partial charge on any atom is -0.497 e. The van der Waals surface area contributed by atoms with Gasteiger partial charge in [-0.25, -0.2) is 0 Å². The van der Waals surface area contributed by atoms with E-state index >= 15 is 0 Å². The van der Waals surface area contributed by atoms with Gasteiger partial charge in [0.25, 0.3) is 0 Å². The van der Waals surface area contributed by atoms with Crippen LogP contribution in [-0.2, 0) is 4.79 Å². The lowest BCUT2D eigenvalue weighted by Crippen LogP contribution is -2.37. The van der Waals surface area contributed by atoms with E-state index in [0.717, 1.165) is 37.2 Å². The second-order valence-corrected chi connectivity index (χ2v) is 5.72. The minimum atomic E-state index is 0.102. The summed E-state index contributed by atoms with van der Waals surface area (Å²) in [6.45, 7) is 7.53. The molecule has 1 N–H and O–H groups in total. The number of hydrogen-bond acceptors (Lipinski definition) is 3. The van der Waals surface area contributed by atoms with Gasteiger partial charge in [-0.1, -0.05) is 18.2 Å². The van der Waals surface area contributed by atoms with Crippen LogP contribution in [0.15, 0.2) is 36.9 Å². The first-order chi connectivity index (χ1) is 10.7. The number of carbonyl (C=O) groups is 1. The van der Waals surface area contributed by atoms with E-state index in [0.29, 0.717) is 12.5 Å². The van der Waals surface area contributed by atoms with Crippen molar-refractivity contribution >= 4 is 5.91 Å². The fraction of sp³-hybridized carbons (Fsp3) is 0.500. The first-order valence-corrected chi connectivity index (χ1v) is 7.94. The highest BCUT2D eigenvalue weighted by atomic mass is 16.5. The van der Waals surface area contributed by atoms with E-state index < -0.39 is 0 Å². The van der Waals surface area contributed by atoms with Gasteiger partial charge in [0.05, 0.1) is 13.2 Å². The average molecular weight is 302 g/mol. The molecule has 0 bridgehead atoms. The maximum absolute atomic E-state index is 12.3. The van der Waals surface area contributed by atoms with Crippen LogP contribution in [-0.4, -0.2) is 37.0 Å². The molecule has 1 heterocycles. The molecule has 1 aromatic carbocycles. The van der Waals surface area contributed by atoms with Crippen molar-refractivity contribution in [3.63, 3.8) is 0 Å². The Morgan fingerprint density at radius 2 is 2.18 bits per heavy atom. The molecule has 0 aliphatic carbocycles. The molecule has 4 heteroatoms. The van der Waals surface area contributed by atoms with Gasteiger partial charge >= 0.3 is 0 Å². The van der Waals surface area contributed by atoms with Gasteiger partial charge in [0.2, 0.25) is 5.91 Å². The number of likely N-dealkylation sites (tertiary alicyclic amines) is 1. The molecule has 1 aromatic rings. The van der Waals surface area contributed by atoms with Crippen LogP contribution in [0, 0.1) is 0 Å². The van der Waals surface area contributed by atoms with Gasteiger partial charge < -0.3 is 15.0 Å². The van der Waals surface area contributed by atoms with Gasteiger partial charge in [0.15, 0.2) is 0 Å². The fourth-order valence-electron chi connectivity index (χ4n) is 3.09. The Hall–Kier alpha value is -1.81. The summed E-state index contributed by atoms with van der Waals surface area (Å²) in [6.07, 6.45) is 4.46. The van der Waals surface area contributed by atoms with Crippen LogP contribution in [0.4, 0.5) is 0 Å². The fourth-order valence-corrected chi connectivity index (χ4v) is 3.09. The normalized spacial score (nSPS) is 19.3. The number of carbonyl (C=O) groups excluding carboxylic acids is 1. The molecular formula is C18H26N2O2. The topological polar surface area (TPSA) is 41.6 Å². The summed E-state index contributed by atoms with van der Waals surface area (Å²) in [6, 6.07) is 8.41. The molecule has 1 aliphatic heterocycles. The molecule has 2 atom stereocenters. The summed E-state index contributed by atoms with van der Waals surface area (Å²) in [5.74, 6) is 1.10. The van der Waals surface area contributed by atoms with E-state index in [4.69, 9.17) is 4.74 Å². The van der Waals surface area contributed by atoms with Gasteiger partial charge in [-0.15, -0.1) is 6.58 Å². The SMILES string of the molecule is C=CCNCC[C@H]1CCC(=O)N1[C@H](C)c1ccc(OC)cc1. The molecule has 0 saturated carbocycles. The maximum Gasteiger partial charge on any atom is 0.223 e. The lowest BCUT2D eigenvalue weighted by atomic mass is 10.0. The van der Waals surface area contributed by atoms with Crippen molar-refractivity contribution in [2.75, 3.05) is 20.2 Å². The highest BCUT2D eigenvalue weighted by molar-refractivity contribution is 5.79. The van der Waals surface area contributed by atoms with Gasteiger partial charge in [0, 0.05) is 19.0 Å². The Balaban J connectivity index is 2.02. The number of rotatable bonds is 8. The van der Waals surface area contributed by atoms with Crippen molar-refractivity contribution in [2.24, 2.45) is 0 Å². The third-order valence-electron chi connectivity index (χ3n) is 4.33. The molecular weight excluding hydrogens is 276 g/mol. The van der Waals surface area contributed by atoms with Crippen LogP contribution in [0.2, 0.25) is 0 Å². The zero-order valence-electron chi connectivity index (χ0n) is 13.5. The van der Waals surface area contributed by atoms with Crippen LogP contribution in [0.25, 0.3) is 0 Å². The molecule has 1 fully saturated rings. The molecule has 2 rings (SSSR count). The van der Waals surface area contributed by atoms with Gasteiger partial charge in [-0.2, -0.15) is 0 Å². The minimum absolute atomic E-state index is 0.102.